The Balaban J connectivity index is 2.25. The Morgan fingerprint density at radius 2 is 2.28 bits per heavy atom. The summed E-state index contributed by atoms with van der Waals surface area (Å²) in [7, 11) is 1.69. The van der Waals surface area contributed by atoms with Crippen LogP contribution >= 0.6 is 0 Å². The second kappa shape index (κ2) is 5.71. The minimum atomic E-state index is -0.742. The van der Waals surface area contributed by atoms with Crippen molar-refractivity contribution < 1.29 is 14.6 Å². The van der Waals surface area contributed by atoms with Gasteiger partial charge in [0.05, 0.1) is 7.11 Å². The Bertz CT molecular complexity index is 475. The van der Waals surface area contributed by atoms with Gasteiger partial charge in [-0.25, -0.2) is 0 Å². The van der Waals surface area contributed by atoms with Crippen molar-refractivity contribution >= 4 is 11.5 Å². The van der Waals surface area contributed by atoms with E-state index in [0.717, 1.165) is 25.0 Å². The van der Waals surface area contributed by atoms with E-state index in [4.69, 9.17) is 9.84 Å². The van der Waals surface area contributed by atoms with Gasteiger partial charge in [-0.05, 0) is 42.9 Å². The Kier molecular flexibility index (Phi) is 4.03. The zero-order chi connectivity index (χ0) is 13.0. The number of methoxy groups -OCH3 is 1. The van der Waals surface area contributed by atoms with Gasteiger partial charge in [0, 0.05) is 12.0 Å². The predicted molar refractivity (Wildman–Crippen MR) is 70.8 cm³/mol. The van der Waals surface area contributed by atoms with Crippen LogP contribution in [0.4, 0.5) is 0 Å². The first-order valence-corrected chi connectivity index (χ1v) is 6.29. The minimum Gasteiger partial charge on any atom is -0.496 e. The summed E-state index contributed by atoms with van der Waals surface area (Å²) >= 11 is 0. The van der Waals surface area contributed by atoms with E-state index in [1.165, 1.54) is 16.7 Å². The van der Waals surface area contributed by atoms with Crippen molar-refractivity contribution in [2.45, 2.75) is 32.1 Å². The van der Waals surface area contributed by atoms with Crippen LogP contribution in [0.1, 0.15) is 36.8 Å². The number of allylic oxidation sites excluding steroid dienone is 2. The number of hydrogen-bond acceptors (Lipinski definition) is 2. The van der Waals surface area contributed by atoms with E-state index in [9.17, 15) is 4.79 Å². The molecule has 96 valence electrons. The summed E-state index contributed by atoms with van der Waals surface area (Å²) in [6, 6.07) is 6.08. The lowest BCUT2D eigenvalue weighted by Gasteiger charge is -2.21. The van der Waals surface area contributed by atoms with Gasteiger partial charge in [0.2, 0.25) is 0 Å². The monoisotopic (exact) mass is 246 g/mol. The summed E-state index contributed by atoms with van der Waals surface area (Å²) in [6.07, 6.45) is 6.03. The van der Waals surface area contributed by atoms with Crippen molar-refractivity contribution in [3.05, 3.63) is 35.4 Å². The van der Waals surface area contributed by atoms with Crippen molar-refractivity contribution in [3.63, 3.8) is 0 Å². The highest BCUT2D eigenvalue weighted by molar-refractivity contribution is 5.73. The molecular weight excluding hydrogens is 228 g/mol. The number of carbonyl (C=O) groups is 1. The number of aliphatic carboxylic acids is 1. The van der Waals surface area contributed by atoms with E-state index in [1.807, 2.05) is 12.1 Å². The van der Waals surface area contributed by atoms with Crippen molar-refractivity contribution in [1.29, 1.82) is 0 Å². The van der Waals surface area contributed by atoms with Crippen LogP contribution in [0.3, 0.4) is 0 Å². The average molecular weight is 246 g/mol. The summed E-state index contributed by atoms with van der Waals surface area (Å²) in [5, 5.41) is 8.67. The quantitative estimate of drug-likeness (QED) is 0.886. The van der Waals surface area contributed by atoms with Crippen LogP contribution in [0.5, 0.6) is 5.75 Å². The zero-order valence-corrected chi connectivity index (χ0v) is 10.6. The predicted octanol–water partition coefficient (Wildman–Crippen LogP) is 3.28. The van der Waals surface area contributed by atoms with Gasteiger partial charge in [-0.1, -0.05) is 18.2 Å². The molecule has 0 aromatic heterocycles. The maximum absolute atomic E-state index is 10.5. The summed E-state index contributed by atoms with van der Waals surface area (Å²) in [4.78, 5) is 10.5. The van der Waals surface area contributed by atoms with Crippen molar-refractivity contribution in [2.24, 2.45) is 0 Å². The molecule has 3 heteroatoms. The molecule has 0 heterocycles. The van der Waals surface area contributed by atoms with Gasteiger partial charge < -0.3 is 9.84 Å². The largest absolute Gasteiger partial charge is 0.496 e. The summed E-state index contributed by atoms with van der Waals surface area (Å²) in [5.74, 6) is 0.199. The highest BCUT2D eigenvalue weighted by Crippen LogP contribution is 2.36. The molecule has 0 spiro atoms. The molecule has 1 aliphatic carbocycles. The highest BCUT2D eigenvalue weighted by Gasteiger charge is 2.17. The number of fused-ring (bicyclic) bond motifs is 1. The third kappa shape index (κ3) is 2.73. The summed E-state index contributed by atoms with van der Waals surface area (Å²) in [5.41, 5.74) is 3.75. The lowest BCUT2D eigenvalue weighted by molar-refractivity contribution is -0.136. The Labute approximate surface area is 107 Å². The van der Waals surface area contributed by atoms with Gasteiger partial charge >= 0.3 is 5.97 Å². The molecule has 2 rings (SSSR count). The van der Waals surface area contributed by atoms with Crippen LogP contribution in [-0.2, 0) is 11.2 Å². The first-order chi connectivity index (χ1) is 8.72. The van der Waals surface area contributed by atoms with Crippen LogP contribution < -0.4 is 4.74 Å². The topological polar surface area (TPSA) is 46.5 Å². The van der Waals surface area contributed by atoms with Crippen molar-refractivity contribution in [3.8, 4) is 5.75 Å². The van der Waals surface area contributed by atoms with E-state index in [0.29, 0.717) is 6.42 Å². The Morgan fingerprint density at radius 1 is 1.44 bits per heavy atom. The lowest BCUT2D eigenvalue weighted by atomic mass is 9.86. The van der Waals surface area contributed by atoms with Crippen LogP contribution in [0, 0.1) is 0 Å². The van der Waals surface area contributed by atoms with Crippen molar-refractivity contribution in [2.75, 3.05) is 7.11 Å². The van der Waals surface area contributed by atoms with Gasteiger partial charge in [-0.3, -0.25) is 4.79 Å². The smallest absolute Gasteiger partial charge is 0.303 e. The third-order valence-corrected chi connectivity index (χ3v) is 3.32. The molecule has 0 atom stereocenters. The second-order valence-electron chi connectivity index (χ2n) is 4.50. The number of benzene rings is 1. The Morgan fingerprint density at radius 3 is 3.00 bits per heavy atom. The average Bonchev–Trinajstić information content (AvgIpc) is 2.38. The van der Waals surface area contributed by atoms with Gasteiger partial charge in [0.1, 0.15) is 5.75 Å². The fourth-order valence-electron chi connectivity index (χ4n) is 2.49. The molecule has 18 heavy (non-hydrogen) atoms. The summed E-state index contributed by atoms with van der Waals surface area (Å²) in [6.45, 7) is 0. The number of carboxylic acids is 1. The van der Waals surface area contributed by atoms with Crippen LogP contribution in [-0.4, -0.2) is 18.2 Å². The van der Waals surface area contributed by atoms with Crippen LogP contribution in [0.25, 0.3) is 5.57 Å². The van der Waals surface area contributed by atoms with Crippen LogP contribution in [0.15, 0.2) is 24.3 Å². The first kappa shape index (κ1) is 12.7. The SMILES string of the molecule is COc1cccc2c1CCC/C2=C\CCC(=O)O. The molecular formula is C15H18O3. The molecule has 0 saturated carbocycles. The molecule has 0 radical (unpaired) electrons. The molecule has 1 N–H and O–H groups in total. The molecule has 1 aliphatic rings. The number of carboxylic acid groups (broad SMARTS) is 1. The standard InChI is InChI=1S/C15H18O3/c1-18-14-9-4-7-12-11(5-2-8-13(12)14)6-3-10-15(16)17/h4,6-7,9H,2-3,5,8,10H2,1H3,(H,16,17)/b11-6+. The maximum Gasteiger partial charge on any atom is 0.303 e. The third-order valence-electron chi connectivity index (χ3n) is 3.32. The first-order valence-electron chi connectivity index (χ1n) is 6.29. The maximum atomic E-state index is 10.5. The van der Waals surface area contributed by atoms with Crippen LogP contribution in [0.2, 0.25) is 0 Å². The lowest BCUT2D eigenvalue weighted by Crippen LogP contribution is -2.04. The number of ether oxygens (including phenoxy) is 1. The molecule has 0 saturated heterocycles. The number of hydrogen-bond donors (Lipinski definition) is 1. The van der Waals surface area contributed by atoms with E-state index < -0.39 is 5.97 Å². The molecule has 0 bridgehead atoms. The molecule has 0 fully saturated rings. The van der Waals surface area contributed by atoms with Crippen molar-refractivity contribution in [1.82, 2.24) is 0 Å². The molecule has 0 aliphatic heterocycles. The molecule has 0 amide bonds. The molecule has 1 aromatic carbocycles. The summed E-state index contributed by atoms with van der Waals surface area (Å²) < 4.78 is 5.38. The minimum absolute atomic E-state index is 0.197. The normalized spacial score (nSPS) is 16.4. The van der Waals surface area contributed by atoms with Gasteiger partial charge in [-0.2, -0.15) is 0 Å². The highest BCUT2D eigenvalue weighted by atomic mass is 16.5. The number of rotatable bonds is 4. The van der Waals surface area contributed by atoms with Gasteiger partial charge in [0.15, 0.2) is 0 Å². The van der Waals surface area contributed by atoms with Gasteiger partial charge in [-0.15, -0.1) is 0 Å². The molecule has 0 unspecified atom stereocenters. The molecule has 1 aromatic rings. The molecule has 3 nitrogen and oxygen atoms in total. The Hall–Kier alpha value is -1.77. The van der Waals surface area contributed by atoms with E-state index in [1.54, 1.807) is 7.11 Å². The van der Waals surface area contributed by atoms with E-state index in [-0.39, 0.29) is 6.42 Å². The van der Waals surface area contributed by atoms with E-state index in [2.05, 4.69) is 12.1 Å². The zero-order valence-electron chi connectivity index (χ0n) is 10.6. The second-order valence-corrected chi connectivity index (χ2v) is 4.50. The van der Waals surface area contributed by atoms with E-state index >= 15 is 0 Å². The fraction of sp³-hybridized carbons (Fsp3) is 0.400. The fourth-order valence-corrected chi connectivity index (χ4v) is 2.49. The van der Waals surface area contributed by atoms with Gasteiger partial charge in [0.25, 0.3) is 0 Å².